The van der Waals surface area contributed by atoms with E-state index in [1.807, 2.05) is 19.1 Å². The fraction of sp³-hybridized carbons (Fsp3) is 0.533. The second-order valence-corrected chi connectivity index (χ2v) is 5.10. The third-order valence-electron chi connectivity index (χ3n) is 2.94. The van der Waals surface area contributed by atoms with Gasteiger partial charge in [0.25, 0.3) is 0 Å². The summed E-state index contributed by atoms with van der Waals surface area (Å²) >= 11 is 0. The zero-order valence-electron chi connectivity index (χ0n) is 11.9. The van der Waals surface area contributed by atoms with Crippen molar-refractivity contribution in [2.45, 2.75) is 33.2 Å². The highest BCUT2D eigenvalue weighted by molar-refractivity contribution is 5.78. The Hall–Kier alpha value is -1.55. The van der Waals surface area contributed by atoms with Crippen molar-refractivity contribution in [2.24, 2.45) is 5.92 Å². The van der Waals surface area contributed by atoms with Crippen LogP contribution in [0, 0.1) is 5.92 Å². The number of para-hydroxylation sites is 1. The van der Waals surface area contributed by atoms with E-state index in [1.165, 1.54) is 0 Å². The Balaban J connectivity index is 2.50. The summed E-state index contributed by atoms with van der Waals surface area (Å²) in [6.07, 6.45) is 0.815. The first-order valence-corrected chi connectivity index (χ1v) is 6.82. The van der Waals surface area contributed by atoms with E-state index >= 15 is 0 Å². The molecule has 0 saturated carbocycles. The van der Waals surface area contributed by atoms with Crippen LogP contribution < -0.4 is 10.6 Å². The molecule has 4 heteroatoms. The molecule has 4 nitrogen and oxygen atoms in total. The Kier molecular flexibility index (Phi) is 6.36. The fourth-order valence-electron chi connectivity index (χ4n) is 1.85. The molecule has 19 heavy (non-hydrogen) atoms. The molecule has 0 heterocycles. The van der Waals surface area contributed by atoms with Crippen LogP contribution >= 0.6 is 0 Å². The van der Waals surface area contributed by atoms with Gasteiger partial charge in [-0.1, -0.05) is 39.0 Å². The third kappa shape index (κ3) is 5.30. The highest BCUT2D eigenvalue weighted by Crippen LogP contribution is 2.25. The molecule has 1 amide bonds. The zero-order chi connectivity index (χ0) is 14.3. The maximum absolute atomic E-state index is 11.6. The lowest BCUT2D eigenvalue weighted by atomic mass is 10.0. The predicted molar refractivity (Wildman–Crippen MR) is 77.0 cm³/mol. The van der Waals surface area contributed by atoms with Gasteiger partial charge in [0.15, 0.2) is 0 Å². The van der Waals surface area contributed by atoms with Crippen molar-refractivity contribution in [3.05, 3.63) is 29.8 Å². The summed E-state index contributed by atoms with van der Waals surface area (Å²) in [6, 6.07) is 7.21. The summed E-state index contributed by atoms with van der Waals surface area (Å²) in [6.45, 7) is 7.10. The average molecular weight is 264 g/mol. The molecule has 1 aromatic carbocycles. The van der Waals surface area contributed by atoms with Crippen LogP contribution in [-0.4, -0.2) is 24.1 Å². The van der Waals surface area contributed by atoms with Gasteiger partial charge in [-0.25, -0.2) is 0 Å². The molecule has 3 N–H and O–H groups in total. The molecule has 0 aliphatic carbocycles. The van der Waals surface area contributed by atoms with Gasteiger partial charge in [-0.3, -0.25) is 4.79 Å². The number of phenols is 1. The lowest BCUT2D eigenvalue weighted by Crippen LogP contribution is -2.37. The van der Waals surface area contributed by atoms with Gasteiger partial charge in [-0.05, 0) is 18.4 Å². The number of benzene rings is 1. The highest BCUT2D eigenvalue weighted by atomic mass is 16.3. The van der Waals surface area contributed by atoms with E-state index in [2.05, 4.69) is 24.5 Å². The van der Waals surface area contributed by atoms with Crippen LogP contribution in [0.4, 0.5) is 0 Å². The van der Waals surface area contributed by atoms with Crippen LogP contribution in [-0.2, 0) is 4.79 Å². The van der Waals surface area contributed by atoms with Crippen molar-refractivity contribution >= 4 is 5.91 Å². The Morgan fingerprint density at radius 2 is 2.00 bits per heavy atom. The molecular weight excluding hydrogens is 240 g/mol. The first-order valence-electron chi connectivity index (χ1n) is 6.82. The lowest BCUT2D eigenvalue weighted by Gasteiger charge is -2.18. The standard InChI is InChI=1S/C15H24N2O2/c1-4-13(12-7-5-6-8-14(12)18)16-10-15(19)17-9-11(2)3/h5-8,11,13,16,18H,4,9-10H2,1-3H3,(H,17,19). The number of phenolic OH excluding ortho intramolecular Hbond substituents is 1. The maximum Gasteiger partial charge on any atom is 0.233 e. The van der Waals surface area contributed by atoms with Crippen molar-refractivity contribution in [1.82, 2.24) is 10.6 Å². The van der Waals surface area contributed by atoms with Crippen LogP contribution in [0.5, 0.6) is 5.75 Å². The minimum atomic E-state index is -0.0115. The minimum absolute atomic E-state index is 0.00833. The Morgan fingerprint density at radius 3 is 2.58 bits per heavy atom. The molecule has 0 aliphatic rings. The van der Waals surface area contributed by atoms with E-state index in [0.717, 1.165) is 12.0 Å². The van der Waals surface area contributed by atoms with Gasteiger partial charge in [0.2, 0.25) is 5.91 Å². The molecule has 0 aromatic heterocycles. The molecule has 106 valence electrons. The summed E-state index contributed by atoms with van der Waals surface area (Å²) in [7, 11) is 0. The summed E-state index contributed by atoms with van der Waals surface area (Å²) in [4.78, 5) is 11.6. The normalized spacial score (nSPS) is 12.4. The molecule has 1 rings (SSSR count). The zero-order valence-corrected chi connectivity index (χ0v) is 11.9. The van der Waals surface area contributed by atoms with Crippen LogP contribution in [0.2, 0.25) is 0 Å². The Morgan fingerprint density at radius 1 is 1.32 bits per heavy atom. The van der Waals surface area contributed by atoms with E-state index in [4.69, 9.17) is 0 Å². The number of nitrogens with one attached hydrogen (secondary N) is 2. The van der Waals surface area contributed by atoms with Gasteiger partial charge in [-0.15, -0.1) is 0 Å². The molecule has 0 spiro atoms. The van der Waals surface area contributed by atoms with Gasteiger partial charge < -0.3 is 15.7 Å². The monoisotopic (exact) mass is 264 g/mol. The molecule has 0 radical (unpaired) electrons. The smallest absolute Gasteiger partial charge is 0.233 e. The maximum atomic E-state index is 11.6. The summed E-state index contributed by atoms with van der Waals surface area (Å²) in [5.41, 5.74) is 0.835. The quantitative estimate of drug-likeness (QED) is 0.707. The molecule has 0 fully saturated rings. The van der Waals surface area contributed by atoms with Gasteiger partial charge in [-0.2, -0.15) is 0 Å². The molecule has 0 aliphatic heterocycles. The largest absolute Gasteiger partial charge is 0.508 e. The summed E-state index contributed by atoms with van der Waals surface area (Å²) in [5.74, 6) is 0.705. The molecular formula is C15H24N2O2. The second kappa shape index (κ2) is 7.79. The first kappa shape index (κ1) is 15.5. The van der Waals surface area contributed by atoms with Crippen molar-refractivity contribution in [3.8, 4) is 5.75 Å². The van der Waals surface area contributed by atoms with Crippen LogP contribution in [0.25, 0.3) is 0 Å². The van der Waals surface area contributed by atoms with Crippen molar-refractivity contribution in [3.63, 3.8) is 0 Å². The minimum Gasteiger partial charge on any atom is -0.508 e. The van der Waals surface area contributed by atoms with Gasteiger partial charge in [0.05, 0.1) is 6.54 Å². The van der Waals surface area contributed by atoms with Crippen LogP contribution in [0.1, 0.15) is 38.8 Å². The second-order valence-electron chi connectivity index (χ2n) is 5.10. The van der Waals surface area contributed by atoms with Crippen LogP contribution in [0.15, 0.2) is 24.3 Å². The van der Waals surface area contributed by atoms with E-state index in [9.17, 15) is 9.90 Å². The average Bonchev–Trinajstić information content (AvgIpc) is 2.39. The number of hydrogen-bond acceptors (Lipinski definition) is 3. The number of carbonyl (C=O) groups excluding carboxylic acids is 1. The molecule has 0 bridgehead atoms. The SMILES string of the molecule is CCC(NCC(=O)NCC(C)C)c1ccccc1O. The third-order valence-corrected chi connectivity index (χ3v) is 2.94. The number of aromatic hydroxyl groups is 1. The number of rotatable bonds is 7. The van der Waals surface area contributed by atoms with E-state index in [-0.39, 0.29) is 24.2 Å². The van der Waals surface area contributed by atoms with E-state index < -0.39 is 0 Å². The fourth-order valence-corrected chi connectivity index (χ4v) is 1.85. The molecule has 0 saturated heterocycles. The summed E-state index contributed by atoms with van der Waals surface area (Å²) in [5, 5.41) is 15.9. The summed E-state index contributed by atoms with van der Waals surface area (Å²) < 4.78 is 0. The van der Waals surface area contributed by atoms with Crippen molar-refractivity contribution < 1.29 is 9.90 Å². The number of carbonyl (C=O) groups is 1. The number of hydrogen-bond donors (Lipinski definition) is 3. The van der Waals surface area contributed by atoms with Gasteiger partial charge in [0, 0.05) is 18.2 Å². The molecule has 1 unspecified atom stereocenters. The van der Waals surface area contributed by atoms with Crippen molar-refractivity contribution in [1.29, 1.82) is 0 Å². The van der Waals surface area contributed by atoms with Gasteiger partial charge in [0.1, 0.15) is 5.75 Å². The molecule has 1 atom stereocenters. The highest BCUT2D eigenvalue weighted by Gasteiger charge is 2.13. The van der Waals surface area contributed by atoms with Crippen molar-refractivity contribution in [2.75, 3.05) is 13.1 Å². The lowest BCUT2D eigenvalue weighted by molar-refractivity contribution is -0.120. The van der Waals surface area contributed by atoms with E-state index in [1.54, 1.807) is 12.1 Å². The predicted octanol–water partition coefficient (Wildman–Crippen LogP) is 2.21. The van der Waals surface area contributed by atoms with E-state index in [0.29, 0.717) is 12.5 Å². The topological polar surface area (TPSA) is 61.4 Å². The number of amides is 1. The van der Waals surface area contributed by atoms with Gasteiger partial charge >= 0.3 is 0 Å². The molecule has 1 aromatic rings. The first-order chi connectivity index (χ1) is 9.04. The van der Waals surface area contributed by atoms with Crippen LogP contribution in [0.3, 0.4) is 0 Å². The Labute approximate surface area is 115 Å². The Bertz CT molecular complexity index is 405.